The number of carboxylic acid groups (broad SMARTS) is 1. The van der Waals surface area contributed by atoms with Crippen LogP contribution in [0.15, 0.2) is 48.5 Å². The topological polar surface area (TPSA) is 53.0 Å². The van der Waals surface area contributed by atoms with Crippen molar-refractivity contribution < 1.29 is 14.6 Å². The Morgan fingerprint density at radius 1 is 1.00 bits per heavy atom. The highest BCUT2D eigenvalue weighted by atomic mass is 16.5. The molecule has 0 aromatic heterocycles. The maximum atomic E-state index is 11.3. The molecule has 0 saturated carbocycles. The molecule has 0 bridgehead atoms. The monoisotopic (exact) mass is 422 g/mol. The number of ether oxygens (including phenoxy) is 1. The van der Waals surface area contributed by atoms with E-state index in [9.17, 15) is 9.90 Å². The molecule has 5 nitrogen and oxygen atoms in total. The Hall–Kier alpha value is -2.37. The highest BCUT2D eigenvalue weighted by Crippen LogP contribution is 2.36. The second-order valence-electron chi connectivity index (χ2n) is 8.77. The van der Waals surface area contributed by atoms with Crippen LogP contribution in [-0.4, -0.2) is 54.9 Å². The summed E-state index contributed by atoms with van der Waals surface area (Å²) in [5, 5.41) is 9.30. The Labute approximate surface area is 185 Å². The molecule has 0 radical (unpaired) electrons. The van der Waals surface area contributed by atoms with Crippen molar-refractivity contribution in [2.24, 2.45) is 5.92 Å². The number of carbonyl (C=O) groups is 1. The number of fused-ring (bicyclic) bond motifs is 2. The van der Waals surface area contributed by atoms with Crippen molar-refractivity contribution in [3.8, 4) is 0 Å². The molecule has 31 heavy (non-hydrogen) atoms. The number of carboxylic acids is 1. The van der Waals surface area contributed by atoms with Crippen molar-refractivity contribution in [2.75, 3.05) is 37.7 Å². The van der Waals surface area contributed by atoms with Crippen LogP contribution in [0.5, 0.6) is 0 Å². The van der Waals surface area contributed by atoms with Crippen molar-refractivity contribution in [1.82, 2.24) is 4.90 Å². The van der Waals surface area contributed by atoms with E-state index in [4.69, 9.17) is 4.74 Å². The molecule has 166 valence electrons. The van der Waals surface area contributed by atoms with E-state index in [1.807, 2.05) is 0 Å². The minimum atomic E-state index is -0.656. The molecular weight excluding hydrogens is 388 g/mol. The van der Waals surface area contributed by atoms with E-state index >= 15 is 0 Å². The van der Waals surface area contributed by atoms with E-state index in [0.29, 0.717) is 0 Å². The number of aryl methyl sites for hydroxylation is 2. The summed E-state index contributed by atoms with van der Waals surface area (Å²) < 4.78 is 6.34. The molecule has 1 fully saturated rings. The molecule has 4 rings (SSSR count). The van der Waals surface area contributed by atoms with Gasteiger partial charge in [0.05, 0.1) is 18.6 Å². The van der Waals surface area contributed by atoms with E-state index < -0.39 is 5.97 Å². The predicted octanol–water partition coefficient (Wildman–Crippen LogP) is 4.52. The van der Waals surface area contributed by atoms with Crippen molar-refractivity contribution in [3.05, 3.63) is 59.7 Å². The number of para-hydroxylation sites is 2. The number of likely N-dealkylation sites (tertiary alicyclic amines) is 1. The summed E-state index contributed by atoms with van der Waals surface area (Å²) in [5.74, 6) is -0.855. The number of nitrogens with zero attached hydrogens (tertiary/aromatic N) is 2. The van der Waals surface area contributed by atoms with Crippen molar-refractivity contribution in [1.29, 1.82) is 0 Å². The zero-order valence-electron chi connectivity index (χ0n) is 18.5. The van der Waals surface area contributed by atoms with Crippen LogP contribution in [0, 0.1) is 5.92 Å². The van der Waals surface area contributed by atoms with Crippen molar-refractivity contribution in [3.63, 3.8) is 0 Å². The second kappa shape index (κ2) is 10.3. The van der Waals surface area contributed by atoms with Crippen LogP contribution in [0.2, 0.25) is 0 Å². The molecule has 2 aromatic rings. The zero-order valence-corrected chi connectivity index (χ0v) is 18.5. The lowest BCUT2D eigenvalue weighted by Crippen LogP contribution is -2.44. The highest BCUT2D eigenvalue weighted by molar-refractivity contribution is 5.71. The number of aliphatic carboxylic acids is 1. The third-order valence-corrected chi connectivity index (χ3v) is 6.57. The minimum absolute atomic E-state index is 0.0699. The number of hydrogen-bond donors (Lipinski definition) is 1. The van der Waals surface area contributed by atoms with Crippen molar-refractivity contribution >= 4 is 17.3 Å². The maximum Gasteiger partial charge on any atom is 0.306 e. The molecule has 2 aliphatic rings. The fourth-order valence-corrected chi connectivity index (χ4v) is 4.87. The molecule has 1 unspecified atom stereocenters. The highest BCUT2D eigenvalue weighted by Gasteiger charge is 2.28. The van der Waals surface area contributed by atoms with Gasteiger partial charge in [0, 0.05) is 24.5 Å². The van der Waals surface area contributed by atoms with Crippen LogP contribution in [0.25, 0.3) is 0 Å². The lowest BCUT2D eigenvalue weighted by molar-refractivity contribution is -0.143. The van der Waals surface area contributed by atoms with Gasteiger partial charge in [-0.2, -0.15) is 0 Å². The molecule has 0 spiro atoms. The van der Waals surface area contributed by atoms with Gasteiger partial charge < -0.3 is 19.6 Å². The molecule has 2 aromatic carbocycles. The second-order valence-corrected chi connectivity index (χ2v) is 8.77. The number of anilines is 2. The summed E-state index contributed by atoms with van der Waals surface area (Å²) in [4.78, 5) is 16.1. The first-order valence-corrected chi connectivity index (χ1v) is 11.7. The molecule has 0 aliphatic carbocycles. The lowest BCUT2D eigenvalue weighted by atomic mass is 9.97. The average molecular weight is 423 g/mol. The molecule has 5 heteroatoms. The Balaban J connectivity index is 1.54. The van der Waals surface area contributed by atoms with Gasteiger partial charge in [-0.05, 0) is 68.5 Å². The van der Waals surface area contributed by atoms with Crippen LogP contribution in [0.1, 0.15) is 37.3 Å². The lowest BCUT2D eigenvalue weighted by Gasteiger charge is -2.36. The first-order valence-electron chi connectivity index (χ1n) is 11.7. The summed E-state index contributed by atoms with van der Waals surface area (Å²) in [5.41, 5.74) is 5.33. The summed E-state index contributed by atoms with van der Waals surface area (Å²) >= 11 is 0. The van der Waals surface area contributed by atoms with Gasteiger partial charge in [-0.1, -0.05) is 43.3 Å². The standard InChI is InChI=1S/C26H34N2O3/c1-2-17-31-23(18-27-15-13-22(14-16-27)26(29)30)19-28-24-9-5-3-7-20(24)11-12-21-8-4-6-10-25(21)28/h3-10,22-23H,2,11-19H2,1H3,(H,29,30). The van der Waals surface area contributed by atoms with E-state index in [-0.39, 0.29) is 12.0 Å². The molecule has 0 amide bonds. The Bertz CT molecular complexity index is 829. The molecule has 1 N–H and O–H groups in total. The smallest absolute Gasteiger partial charge is 0.306 e. The minimum Gasteiger partial charge on any atom is -0.481 e. The quantitative estimate of drug-likeness (QED) is 0.678. The maximum absolute atomic E-state index is 11.3. The third-order valence-electron chi connectivity index (χ3n) is 6.57. The van der Waals surface area contributed by atoms with Gasteiger partial charge in [0.15, 0.2) is 0 Å². The van der Waals surface area contributed by atoms with Gasteiger partial charge in [0.25, 0.3) is 0 Å². The van der Waals surface area contributed by atoms with Crippen LogP contribution in [0.3, 0.4) is 0 Å². The van der Waals surface area contributed by atoms with Crippen molar-refractivity contribution in [2.45, 2.75) is 45.1 Å². The van der Waals surface area contributed by atoms with Crippen LogP contribution in [-0.2, 0) is 22.4 Å². The molecule has 2 heterocycles. The predicted molar refractivity (Wildman–Crippen MR) is 124 cm³/mol. The molecule has 2 aliphatic heterocycles. The van der Waals surface area contributed by atoms with Gasteiger partial charge in [0.1, 0.15) is 0 Å². The Morgan fingerprint density at radius 2 is 1.58 bits per heavy atom. The van der Waals surface area contributed by atoms with Gasteiger partial charge in [-0.15, -0.1) is 0 Å². The number of benzene rings is 2. The average Bonchev–Trinajstić information content (AvgIpc) is 2.95. The van der Waals surface area contributed by atoms with Crippen LogP contribution in [0.4, 0.5) is 11.4 Å². The van der Waals surface area contributed by atoms with Gasteiger partial charge in [-0.3, -0.25) is 4.79 Å². The van der Waals surface area contributed by atoms with E-state index in [1.165, 1.54) is 22.5 Å². The number of rotatable bonds is 8. The van der Waals surface area contributed by atoms with E-state index in [0.717, 1.165) is 64.9 Å². The third kappa shape index (κ3) is 5.28. The zero-order chi connectivity index (χ0) is 21.6. The summed E-state index contributed by atoms with van der Waals surface area (Å²) in [6, 6.07) is 17.4. The first-order chi connectivity index (χ1) is 15.2. The summed E-state index contributed by atoms with van der Waals surface area (Å²) in [7, 11) is 0. The van der Waals surface area contributed by atoms with E-state index in [2.05, 4.69) is 65.3 Å². The van der Waals surface area contributed by atoms with E-state index in [1.54, 1.807) is 0 Å². The van der Waals surface area contributed by atoms with Crippen LogP contribution < -0.4 is 4.90 Å². The van der Waals surface area contributed by atoms with Gasteiger partial charge >= 0.3 is 5.97 Å². The summed E-state index contributed by atoms with van der Waals surface area (Å²) in [6.45, 7) is 6.19. The first kappa shape index (κ1) is 21.8. The van der Waals surface area contributed by atoms with Gasteiger partial charge in [-0.25, -0.2) is 0 Å². The number of piperidine rings is 1. The fourth-order valence-electron chi connectivity index (χ4n) is 4.87. The summed E-state index contributed by atoms with van der Waals surface area (Å²) in [6.07, 6.45) is 4.61. The van der Waals surface area contributed by atoms with Crippen LogP contribution >= 0.6 is 0 Å². The largest absolute Gasteiger partial charge is 0.481 e. The molecule has 1 atom stereocenters. The number of hydrogen-bond acceptors (Lipinski definition) is 4. The normalized spacial score (nSPS) is 18.2. The Kier molecular flexibility index (Phi) is 7.25. The SMILES string of the molecule is CCCOC(CN1CCC(C(=O)O)CC1)CN1c2ccccc2CCc2ccccc21. The van der Waals surface area contributed by atoms with Gasteiger partial charge in [0.2, 0.25) is 0 Å². The molecule has 1 saturated heterocycles. The Morgan fingerprint density at radius 3 is 2.13 bits per heavy atom. The fraction of sp³-hybridized carbons (Fsp3) is 0.500. The molecular formula is C26H34N2O3.